The minimum Gasteiger partial charge on any atom is -0.461 e. The third-order valence-corrected chi connectivity index (χ3v) is 2.39. The molecule has 1 aromatic carbocycles. The predicted octanol–water partition coefficient (Wildman–Crippen LogP) is 2.14. The van der Waals surface area contributed by atoms with E-state index in [1.54, 1.807) is 0 Å². The second-order valence-corrected chi connectivity index (χ2v) is 4.16. The van der Waals surface area contributed by atoms with Gasteiger partial charge in [-0.2, -0.15) is 0 Å². The van der Waals surface area contributed by atoms with Crippen molar-refractivity contribution in [2.75, 3.05) is 0 Å². The molecule has 3 nitrogen and oxygen atoms in total. The molecule has 0 radical (unpaired) electrons. The fourth-order valence-corrected chi connectivity index (χ4v) is 1.20. The van der Waals surface area contributed by atoms with E-state index in [-0.39, 0.29) is 24.9 Å². The summed E-state index contributed by atoms with van der Waals surface area (Å²) in [7, 11) is 0. The first-order valence-corrected chi connectivity index (χ1v) is 5.47. The number of carbonyl (C=O) groups excluding carboxylic acids is 1. The van der Waals surface area contributed by atoms with Crippen molar-refractivity contribution < 1.29 is 14.6 Å². The summed E-state index contributed by atoms with van der Waals surface area (Å²) in [5.74, 6) is -0.283. The third-order valence-electron chi connectivity index (χ3n) is 2.39. The van der Waals surface area contributed by atoms with Gasteiger partial charge in [-0.25, -0.2) is 0 Å². The summed E-state index contributed by atoms with van der Waals surface area (Å²) in [6, 6.07) is 9.49. The number of carbonyl (C=O) groups is 1. The second-order valence-electron chi connectivity index (χ2n) is 4.16. The number of hydrogen-bond acceptors (Lipinski definition) is 3. The normalized spacial score (nSPS) is 12.5. The van der Waals surface area contributed by atoms with Gasteiger partial charge in [0.05, 0.1) is 12.5 Å². The highest BCUT2D eigenvalue weighted by molar-refractivity contribution is 5.69. The van der Waals surface area contributed by atoms with Crippen LogP contribution in [0.4, 0.5) is 0 Å². The molecule has 88 valence electrons. The van der Waals surface area contributed by atoms with Gasteiger partial charge < -0.3 is 9.84 Å². The number of hydrogen-bond donors (Lipinski definition) is 1. The first kappa shape index (κ1) is 12.7. The molecular formula is C13H18O3. The average Bonchev–Trinajstić information content (AvgIpc) is 2.27. The molecule has 0 aliphatic heterocycles. The van der Waals surface area contributed by atoms with Crippen LogP contribution in [0.3, 0.4) is 0 Å². The van der Waals surface area contributed by atoms with Gasteiger partial charge >= 0.3 is 5.97 Å². The number of esters is 1. The van der Waals surface area contributed by atoms with Gasteiger partial charge in [-0.15, -0.1) is 0 Å². The van der Waals surface area contributed by atoms with Gasteiger partial charge in [0.1, 0.15) is 6.61 Å². The molecule has 0 spiro atoms. The Morgan fingerprint density at radius 3 is 2.50 bits per heavy atom. The van der Waals surface area contributed by atoms with E-state index in [1.807, 2.05) is 44.2 Å². The monoisotopic (exact) mass is 222 g/mol. The molecule has 1 atom stereocenters. The van der Waals surface area contributed by atoms with E-state index in [0.717, 1.165) is 5.56 Å². The molecule has 1 aromatic rings. The van der Waals surface area contributed by atoms with Crippen molar-refractivity contribution in [1.82, 2.24) is 0 Å². The maximum atomic E-state index is 11.3. The highest BCUT2D eigenvalue weighted by atomic mass is 16.5. The van der Waals surface area contributed by atoms with Gasteiger partial charge in [0.15, 0.2) is 0 Å². The van der Waals surface area contributed by atoms with Crippen LogP contribution in [0.5, 0.6) is 0 Å². The van der Waals surface area contributed by atoms with Crippen LogP contribution in [0.15, 0.2) is 30.3 Å². The maximum Gasteiger partial charge on any atom is 0.308 e. The minimum absolute atomic E-state index is 0.0600. The molecule has 0 bridgehead atoms. The van der Waals surface area contributed by atoms with Gasteiger partial charge in [-0.3, -0.25) is 4.79 Å². The van der Waals surface area contributed by atoms with Crippen molar-refractivity contribution in [3.05, 3.63) is 35.9 Å². The van der Waals surface area contributed by atoms with Crippen LogP contribution < -0.4 is 0 Å². The molecule has 0 aliphatic rings. The fourth-order valence-electron chi connectivity index (χ4n) is 1.20. The van der Waals surface area contributed by atoms with Gasteiger partial charge in [0.25, 0.3) is 0 Å². The van der Waals surface area contributed by atoms with E-state index in [1.165, 1.54) is 0 Å². The molecule has 0 fully saturated rings. The molecule has 16 heavy (non-hydrogen) atoms. The zero-order valence-corrected chi connectivity index (χ0v) is 9.72. The lowest BCUT2D eigenvalue weighted by Gasteiger charge is -2.13. The third kappa shape index (κ3) is 4.45. The largest absolute Gasteiger partial charge is 0.461 e. The van der Waals surface area contributed by atoms with Crippen molar-refractivity contribution in [2.24, 2.45) is 5.92 Å². The molecule has 1 unspecified atom stereocenters. The number of rotatable bonds is 5. The van der Waals surface area contributed by atoms with E-state index >= 15 is 0 Å². The van der Waals surface area contributed by atoms with Crippen molar-refractivity contribution in [2.45, 2.75) is 33.0 Å². The predicted molar refractivity (Wildman–Crippen MR) is 61.7 cm³/mol. The van der Waals surface area contributed by atoms with Crippen molar-refractivity contribution in [3.8, 4) is 0 Å². The molecule has 1 rings (SSSR count). The Labute approximate surface area is 96.1 Å². The van der Waals surface area contributed by atoms with Crippen LogP contribution in [0, 0.1) is 5.92 Å². The summed E-state index contributed by atoms with van der Waals surface area (Å²) < 4.78 is 5.05. The van der Waals surface area contributed by atoms with E-state index in [4.69, 9.17) is 4.74 Å². The van der Waals surface area contributed by atoms with E-state index in [9.17, 15) is 9.90 Å². The minimum atomic E-state index is -0.622. The first-order chi connectivity index (χ1) is 7.59. The molecule has 0 aliphatic carbocycles. The van der Waals surface area contributed by atoms with Crippen LogP contribution in [0.1, 0.15) is 25.8 Å². The van der Waals surface area contributed by atoms with Gasteiger partial charge in [-0.05, 0) is 11.5 Å². The Morgan fingerprint density at radius 1 is 1.31 bits per heavy atom. The Kier molecular flexibility index (Phi) is 4.99. The van der Waals surface area contributed by atoms with E-state index < -0.39 is 6.10 Å². The van der Waals surface area contributed by atoms with Gasteiger partial charge in [0.2, 0.25) is 0 Å². The van der Waals surface area contributed by atoms with Gasteiger partial charge in [0, 0.05) is 0 Å². The summed E-state index contributed by atoms with van der Waals surface area (Å²) in [6.45, 7) is 4.01. The Bertz CT molecular complexity index is 319. The molecule has 0 heterocycles. The molecule has 0 amide bonds. The van der Waals surface area contributed by atoms with Crippen LogP contribution in [0.2, 0.25) is 0 Å². The summed E-state index contributed by atoms with van der Waals surface area (Å²) >= 11 is 0. The number of aliphatic hydroxyl groups is 1. The Balaban J connectivity index is 2.31. The summed E-state index contributed by atoms with van der Waals surface area (Å²) in [5, 5.41) is 9.49. The summed E-state index contributed by atoms with van der Waals surface area (Å²) in [5.41, 5.74) is 0.954. The maximum absolute atomic E-state index is 11.3. The highest BCUT2D eigenvalue weighted by Gasteiger charge is 2.15. The first-order valence-electron chi connectivity index (χ1n) is 5.47. The molecular weight excluding hydrogens is 204 g/mol. The van der Waals surface area contributed by atoms with Crippen LogP contribution in [-0.4, -0.2) is 17.2 Å². The Hall–Kier alpha value is -1.35. The lowest BCUT2D eigenvalue weighted by molar-refractivity contribution is -0.147. The lowest BCUT2D eigenvalue weighted by atomic mass is 10.1. The SMILES string of the molecule is CC(C)C(O)CC(=O)OCc1ccccc1. The van der Waals surface area contributed by atoms with Crippen molar-refractivity contribution in [3.63, 3.8) is 0 Å². The van der Waals surface area contributed by atoms with E-state index in [0.29, 0.717) is 0 Å². The smallest absolute Gasteiger partial charge is 0.308 e. The highest BCUT2D eigenvalue weighted by Crippen LogP contribution is 2.08. The number of benzene rings is 1. The Morgan fingerprint density at radius 2 is 1.94 bits per heavy atom. The number of ether oxygens (including phenoxy) is 1. The standard InChI is InChI=1S/C13H18O3/c1-10(2)12(14)8-13(15)16-9-11-6-4-3-5-7-11/h3-7,10,12,14H,8-9H2,1-2H3. The topological polar surface area (TPSA) is 46.5 Å². The van der Waals surface area contributed by atoms with E-state index in [2.05, 4.69) is 0 Å². The number of aliphatic hydroxyl groups excluding tert-OH is 1. The zero-order chi connectivity index (χ0) is 12.0. The molecule has 0 saturated carbocycles. The van der Waals surface area contributed by atoms with Crippen LogP contribution >= 0.6 is 0 Å². The fraction of sp³-hybridized carbons (Fsp3) is 0.462. The molecule has 0 aromatic heterocycles. The van der Waals surface area contributed by atoms with Crippen LogP contribution in [0.25, 0.3) is 0 Å². The quantitative estimate of drug-likeness (QED) is 0.776. The molecule has 1 N–H and O–H groups in total. The summed E-state index contributed by atoms with van der Waals surface area (Å²) in [4.78, 5) is 11.3. The zero-order valence-electron chi connectivity index (χ0n) is 9.72. The summed E-state index contributed by atoms with van der Waals surface area (Å²) in [6.07, 6.45) is -0.562. The molecule has 0 saturated heterocycles. The van der Waals surface area contributed by atoms with Crippen molar-refractivity contribution >= 4 is 5.97 Å². The van der Waals surface area contributed by atoms with Crippen molar-refractivity contribution in [1.29, 1.82) is 0 Å². The van der Waals surface area contributed by atoms with Gasteiger partial charge in [-0.1, -0.05) is 44.2 Å². The lowest BCUT2D eigenvalue weighted by Crippen LogP contribution is -2.20. The second kappa shape index (κ2) is 6.28. The molecule has 3 heteroatoms. The average molecular weight is 222 g/mol. The van der Waals surface area contributed by atoms with Crippen LogP contribution in [-0.2, 0) is 16.1 Å².